The maximum Gasteiger partial charge on any atom is 0.230 e. The first-order valence-corrected chi connectivity index (χ1v) is 7.49. The molecule has 0 saturated heterocycles. The number of amides is 1. The van der Waals surface area contributed by atoms with Gasteiger partial charge in [-0.1, -0.05) is 23.8 Å². The van der Waals surface area contributed by atoms with E-state index in [2.05, 4.69) is 42.3 Å². The molecule has 0 fully saturated rings. The zero-order chi connectivity index (χ0) is 14.4. The number of pyridine rings is 1. The second-order valence-corrected chi connectivity index (χ2v) is 5.71. The molecule has 0 radical (unpaired) electrons. The molecule has 1 aromatic heterocycles. The van der Waals surface area contributed by atoms with Crippen molar-refractivity contribution in [1.82, 2.24) is 10.3 Å². The van der Waals surface area contributed by atoms with Crippen molar-refractivity contribution in [2.45, 2.75) is 25.3 Å². The highest BCUT2D eigenvalue weighted by Gasteiger charge is 2.05. The summed E-state index contributed by atoms with van der Waals surface area (Å²) in [7, 11) is 0. The topological polar surface area (TPSA) is 42.0 Å². The summed E-state index contributed by atoms with van der Waals surface area (Å²) in [6.07, 6.45) is 3.49. The normalized spacial score (nSPS) is 10.3. The monoisotopic (exact) mass is 286 g/mol. The van der Waals surface area contributed by atoms with Crippen molar-refractivity contribution in [2.24, 2.45) is 0 Å². The van der Waals surface area contributed by atoms with Crippen molar-refractivity contribution in [1.29, 1.82) is 0 Å². The summed E-state index contributed by atoms with van der Waals surface area (Å²) in [6, 6.07) is 10.1. The van der Waals surface area contributed by atoms with E-state index in [1.54, 1.807) is 24.2 Å². The molecule has 2 aromatic rings. The summed E-state index contributed by atoms with van der Waals surface area (Å²) in [5.41, 5.74) is 3.47. The Morgan fingerprint density at radius 1 is 1.30 bits per heavy atom. The van der Waals surface area contributed by atoms with Gasteiger partial charge in [0.25, 0.3) is 0 Å². The minimum absolute atomic E-state index is 0.0406. The Morgan fingerprint density at radius 3 is 2.85 bits per heavy atom. The molecule has 0 aliphatic rings. The van der Waals surface area contributed by atoms with Gasteiger partial charge in [-0.2, -0.15) is 0 Å². The van der Waals surface area contributed by atoms with E-state index in [1.807, 2.05) is 12.1 Å². The first-order valence-electron chi connectivity index (χ1n) is 6.51. The van der Waals surface area contributed by atoms with Gasteiger partial charge in [0.1, 0.15) is 0 Å². The van der Waals surface area contributed by atoms with E-state index in [0.29, 0.717) is 12.3 Å². The molecule has 4 heteroatoms. The molecule has 0 atom stereocenters. The molecule has 0 aliphatic carbocycles. The van der Waals surface area contributed by atoms with Crippen molar-refractivity contribution >= 4 is 17.7 Å². The lowest BCUT2D eigenvalue weighted by molar-refractivity contribution is -0.118. The minimum atomic E-state index is 0.0406. The number of benzene rings is 1. The zero-order valence-corrected chi connectivity index (χ0v) is 12.5. The number of thioether (sulfide) groups is 1. The van der Waals surface area contributed by atoms with Crippen molar-refractivity contribution in [3.8, 4) is 0 Å². The van der Waals surface area contributed by atoms with Crippen LogP contribution in [0.2, 0.25) is 0 Å². The van der Waals surface area contributed by atoms with Gasteiger partial charge in [-0.25, -0.2) is 0 Å². The lowest BCUT2D eigenvalue weighted by Crippen LogP contribution is -2.24. The zero-order valence-electron chi connectivity index (χ0n) is 11.7. The maximum absolute atomic E-state index is 11.8. The second kappa shape index (κ2) is 7.10. The van der Waals surface area contributed by atoms with Gasteiger partial charge in [0.15, 0.2) is 0 Å². The fraction of sp³-hybridized carbons (Fsp3) is 0.250. The number of hydrogen-bond acceptors (Lipinski definition) is 3. The highest BCUT2D eigenvalue weighted by molar-refractivity contribution is 8.00. The Kier molecular flexibility index (Phi) is 5.18. The number of carbonyl (C=O) groups is 1. The molecular formula is C16H18N2OS. The predicted octanol–water partition coefficient (Wildman–Crippen LogP) is 3.11. The average molecular weight is 286 g/mol. The van der Waals surface area contributed by atoms with E-state index < -0.39 is 0 Å². The quantitative estimate of drug-likeness (QED) is 0.859. The van der Waals surface area contributed by atoms with Crippen LogP contribution >= 0.6 is 11.8 Å². The van der Waals surface area contributed by atoms with Crippen molar-refractivity contribution in [3.63, 3.8) is 0 Å². The Labute approximate surface area is 123 Å². The van der Waals surface area contributed by atoms with Crippen LogP contribution < -0.4 is 5.32 Å². The molecule has 1 aromatic carbocycles. The van der Waals surface area contributed by atoms with E-state index in [-0.39, 0.29) is 5.91 Å². The molecule has 20 heavy (non-hydrogen) atoms. The predicted molar refractivity (Wildman–Crippen MR) is 82.7 cm³/mol. The third kappa shape index (κ3) is 4.38. The van der Waals surface area contributed by atoms with Crippen molar-refractivity contribution in [2.75, 3.05) is 5.75 Å². The van der Waals surface area contributed by atoms with Gasteiger partial charge in [0.2, 0.25) is 5.91 Å². The third-order valence-electron chi connectivity index (χ3n) is 2.90. The number of rotatable bonds is 5. The molecule has 104 valence electrons. The minimum Gasteiger partial charge on any atom is -0.351 e. The van der Waals surface area contributed by atoms with Gasteiger partial charge in [0.05, 0.1) is 5.75 Å². The summed E-state index contributed by atoms with van der Waals surface area (Å²) in [4.78, 5) is 17.0. The Hall–Kier alpha value is -1.81. The Bertz CT molecular complexity index is 584. The molecule has 1 N–H and O–H groups in total. The van der Waals surface area contributed by atoms with Gasteiger partial charge in [-0.3, -0.25) is 9.78 Å². The fourth-order valence-electron chi connectivity index (χ4n) is 1.86. The van der Waals surface area contributed by atoms with E-state index >= 15 is 0 Å². The molecule has 0 saturated carbocycles. The highest BCUT2D eigenvalue weighted by Crippen LogP contribution is 2.22. The van der Waals surface area contributed by atoms with Gasteiger partial charge in [-0.05, 0) is 37.1 Å². The second-order valence-electron chi connectivity index (χ2n) is 4.70. The molecule has 0 unspecified atom stereocenters. The van der Waals surface area contributed by atoms with Crippen LogP contribution in [0.4, 0.5) is 0 Å². The number of carbonyl (C=O) groups excluding carboxylic acids is 1. The first-order chi connectivity index (χ1) is 9.65. The first kappa shape index (κ1) is 14.6. The molecule has 2 rings (SSSR count). The molecule has 0 bridgehead atoms. The van der Waals surface area contributed by atoms with Gasteiger partial charge in [-0.15, -0.1) is 11.8 Å². The molecular weight excluding hydrogens is 268 g/mol. The third-order valence-corrected chi connectivity index (χ3v) is 4.08. The lowest BCUT2D eigenvalue weighted by atomic mass is 10.2. The fourth-order valence-corrected chi connectivity index (χ4v) is 2.70. The molecule has 0 aliphatic heterocycles. The average Bonchev–Trinajstić information content (AvgIpc) is 2.45. The number of aromatic nitrogens is 1. The summed E-state index contributed by atoms with van der Waals surface area (Å²) in [5, 5.41) is 2.90. The SMILES string of the molecule is Cc1ccc(SCC(=O)NCc2cccnc2)c(C)c1. The molecule has 1 amide bonds. The van der Waals surface area contributed by atoms with Gasteiger partial charge in [0, 0.05) is 23.8 Å². The molecule has 0 spiro atoms. The van der Waals surface area contributed by atoms with Crippen LogP contribution in [0, 0.1) is 13.8 Å². The van der Waals surface area contributed by atoms with Crippen LogP contribution in [0.3, 0.4) is 0 Å². The van der Waals surface area contributed by atoms with Crippen LogP contribution in [-0.4, -0.2) is 16.6 Å². The number of nitrogens with zero attached hydrogens (tertiary/aromatic N) is 1. The van der Waals surface area contributed by atoms with Gasteiger partial charge < -0.3 is 5.32 Å². The maximum atomic E-state index is 11.8. The summed E-state index contributed by atoms with van der Waals surface area (Å²) >= 11 is 1.57. The van der Waals surface area contributed by atoms with Crippen LogP contribution in [0.1, 0.15) is 16.7 Å². The number of aryl methyl sites for hydroxylation is 2. The van der Waals surface area contributed by atoms with E-state index in [4.69, 9.17) is 0 Å². The van der Waals surface area contributed by atoms with E-state index in [0.717, 1.165) is 10.5 Å². The van der Waals surface area contributed by atoms with E-state index in [1.165, 1.54) is 11.1 Å². The van der Waals surface area contributed by atoms with Crippen LogP contribution in [0.15, 0.2) is 47.6 Å². The standard InChI is InChI=1S/C16H18N2OS/c1-12-5-6-15(13(2)8-12)20-11-16(19)18-10-14-4-3-7-17-9-14/h3-9H,10-11H2,1-2H3,(H,18,19). The Balaban J connectivity index is 1.80. The van der Waals surface area contributed by atoms with Crippen LogP contribution in [0.25, 0.3) is 0 Å². The van der Waals surface area contributed by atoms with Crippen LogP contribution in [0.5, 0.6) is 0 Å². The van der Waals surface area contributed by atoms with E-state index in [9.17, 15) is 4.79 Å². The number of hydrogen-bond donors (Lipinski definition) is 1. The summed E-state index contributed by atoms with van der Waals surface area (Å²) < 4.78 is 0. The largest absolute Gasteiger partial charge is 0.351 e. The molecule has 1 heterocycles. The summed E-state index contributed by atoms with van der Waals surface area (Å²) in [6.45, 7) is 4.67. The smallest absolute Gasteiger partial charge is 0.230 e. The summed E-state index contributed by atoms with van der Waals surface area (Å²) in [5.74, 6) is 0.475. The van der Waals surface area contributed by atoms with Crippen molar-refractivity contribution < 1.29 is 4.79 Å². The van der Waals surface area contributed by atoms with Crippen LogP contribution in [-0.2, 0) is 11.3 Å². The lowest BCUT2D eigenvalue weighted by Gasteiger charge is -2.07. The number of nitrogens with one attached hydrogen (secondary N) is 1. The van der Waals surface area contributed by atoms with Gasteiger partial charge >= 0.3 is 0 Å². The highest BCUT2D eigenvalue weighted by atomic mass is 32.2. The Morgan fingerprint density at radius 2 is 2.15 bits per heavy atom. The van der Waals surface area contributed by atoms with Crippen molar-refractivity contribution in [3.05, 3.63) is 59.4 Å². The molecule has 3 nitrogen and oxygen atoms in total.